The third kappa shape index (κ3) is 3.97. The van der Waals surface area contributed by atoms with E-state index in [0.717, 1.165) is 0 Å². The molecule has 7 nitrogen and oxygen atoms in total. The first kappa shape index (κ1) is 22.5. The molecule has 0 N–H and O–H groups in total. The first-order valence-electron chi connectivity index (χ1n) is 11.0. The molecule has 2 aromatic heterocycles. The van der Waals surface area contributed by atoms with Crippen LogP contribution in [0.1, 0.15) is 12.5 Å². The highest BCUT2D eigenvalue weighted by Crippen LogP contribution is 2.33. The Morgan fingerprint density at radius 1 is 1.06 bits per heavy atom. The molecular weight excluding hydrogens is 473 g/mol. The van der Waals surface area contributed by atoms with Crippen molar-refractivity contribution >= 4 is 57.4 Å². The Bertz CT molecular complexity index is 1380. The summed E-state index contributed by atoms with van der Waals surface area (Å²) >= 11 is 6.52. The highest BCUT2D eigenvalue weighted by Gasteiger charge is 2.32. The maximum absolute atomic E-state index is 14.3. The van der Waals surface area contributed by atoms with E-state index in [9.17, 15) is 14.0 Å². The number of fused-ring (bicyclic) bond motifs is 1. The van der Waals surface area contributed by atoms with E-state index in [1.807, 2.05) is 28.9 Å². The number of anilines is 2. The van der Waals surface area contributed by atoms with Gasteiger partial charge in [0.1, 0.15) is 21.6 Å². The van der Waals surface area contributed by atoms with E-state index in [0.29, 0.717) is 64.7 Å². The monoisotopic (exact) mass is 495 g/mol. The zero-order valence-electron chi connectivity index (χ0n) is 18.5. The minimum absolute atomic E-state index is 0.203. The second-order valence-corrected chi connectivity index (χ2v) is 9.61. The molecule has 4 heterocycles. The standard InChI is InChI=1S/C24H22FN5O2S2/c1-2-29-23(32)19(34-24(29)33)15-16-21(26-20-9-5-6-10-30(20)22(16)31)28-13-11-27(12-14-28)18-8-4-3-7-17(18)25/h3-10,15H,2,11-14H2,1H3. The topological polar surface area (TPSA) is 61.2 Å². The fraction of sp³-hybridized carbons (Fsp3) is 0.250. The van der Waals surface area contributed by atoms with E-state index in [1.54, 1.807) is 36.5 Å². The van der Waals surface area contributed by atoms with Crippen molar-refractivity contribution in [1.82, 2.24) is 14.3 Å². The molecule has 0 bridgehead atoms. The zero-order valence-corrected chi connectivity index (χ0v) is 20.1. The summed E-state index contributed by atoms with van der Waals surface area (Å²) in [5.74, 6) is 0.0631. The predicted molar refractivity (Wildman–Crippen MR) is 138 cm³/mol. The van der Waals surface area contributed by atoms with Crippen molar-refractivity contribution in [2.75, 3.05) is 42.5 Å². The summed E-state index contributed by atoms with van der Waals surface area (Å²) in [5.41, 5.74) is 1.19. The molecule has 10 heteroatoms. The van der Waals surface area contributed by atoms with Gasteiger partial charge in [-0.3, -0.25) is 18.9 Å². The number of rotatable bonds is 4. The molecule has 34 heavy (non-hydrogen) atoms. The fourth-order valence-corrected chi connectivity index (χ4v) is 5.60. The van der Waals surface area contributed by atoms with Gasteiger partial charge in [-0.25, -0.2) is 9.37 Å². The maximum atomic E-state index is 14.3. The number of hydrogen-bond acceptors (Lipinski definition) is 7. The average Bonchev–Trinajstić information content (AvgIpc) is 3.13. The number of aromatic nitrogens is 2. The van der Waals surface area contributed by atoms with Crippen LogP contribution in [0.3, 0.4) is 0 Å². The lowest BCUT2D eigenvalue weighted by molar-refractivity contribution is -0.121. The highest BCUT2D eigenvalue weighted by molar-refractivity contribution is 8.26. The van der Waals surface area contributed by atoms with Gasteiger partial charge in [-0.2, -0.15) is 0 Å². The number of benzene rings is 1. The van der Waals surface area contributed by atoms with Crippen LogP contribution in [0.4, 0.5) is 15.9 Å². The molecule has 1 aromatic carbocycles. The van der Waals surface area contributed by atoms with Gasteiger partial charge in [0.05, 0.1) is 16.2 Å². The van der Waals surface area contributed by atoms with Crippen molar-refractivity contribution < 1.29 is 9.18 Å². The molecule has 2 saturated heterocycles. The number of halogens is 1. The summed E-state index contributed by atoms with van der Waals surface area (Å²) in [6.07, 6.45) is 3.28. The number of para-hydroxylation sites is 1. The Morgan fingerprint density at radius 3 is 2.47 bits per heavy atom. The molecule has 0 atom stereocenters. The number of likely N-dealkylation sites (N-methyl/N-ethyl adjacent to an activating group) is 1. The van der Waals surface area contributed by atoms with Crippen molar-refractivity contribution in [3.63, 3.8) is 0 Å². The van der Waals surface area contributed by atoms with Gasteiger partial charge in [-0.05, 0) is 37.3 Å². The predicted octanol–water partition coefficient (Wildman–Crippen LogP) is 3.38. The van der Waals surface area contributed by atoms with Crippen LogP contribution in [-0.4, -0.2) is 57.2 Å². The van der Waals surface area contributed by atoms with Crippen molar-refractivity contribution in [2.45, 2.75) is 6.92 Å². The molecule has 0 saturated carbocycles. The summed E-state index contributed by atoms with van der Waals surface area (Å²) in [5, 5.41) is 0. The minimum Gasteiger partial charge on any atom is -0.366 e. The molecule has 2 aliphatic rings. The van der Waals surface area contributed by atoms with Crippen LogP contribution in [-0.2, 0) is 4.79 Å². The Balaban J connectivity index is 1.53. The van der Waals surface area contributed by atoms with E-state index in [4.69, 9.17) is 17.2 Å². The SMILES string of the molecule is CCN1C(=O)C(=Cc2c(N3CCN(c4ccccc4F)CC3)nc3ccccn3c2=O)SC1=S. The number of thiocarbonyl (C=S) groups is 1. The van der Waals surface area contributed by atoms with Crippen LogP contribution in [0.2, 0.25) is 0 Å². The van der Waals surface area contributed by atoms with Crippen molar-refractivity contribution in [2.24, 2.45) is 0 Å². The number of carbonyl (C=O) groups excluding carboxylic acids is 1. The minimum atomic E-state index is -0.253. The number of hydrogen-bond donors (Lipinski definition) is 0. The maximum Gasteiger partial charge on any atom is 0.267 e. The van der Waals surface area contributed by atoms with Gasteiger partial charge in [0, 0.05) is 38.9 Å². The molecule has 174 valence electrons. The lowest BCUT2D eigenvalue weighted by Crippen LogP contribution is -2.47. The second kappa shape index (κ2) is 9.19. The quantitative estimate of drug-likeness (QED) is 0.406. The van der Waals surface area contributed by atoms with Gasteiger partial charge in [-0.1, -0.05) is 42.2 Å². The first-order valence-corrected chi connectivity index (χ1v) is 12.2. The summed E-state index contributed by atoms with van der Waals surface area (Å²) in [7, 11) is 0. The normalized spacial score (nSPS) is 17.9. The van der Waals surface area contributed by atoms with Gasteiger partial charge < -0.3 is 9.80 Å². The van der Waals surface area contributed by atoms with Gasteiger partial charge in [0.25, 0.3) is 11.5 Å². The molecule has 2 fully saturated rings. The van der Waals surface area contributed by atoms with Crippen LogP contribution in [0.25, 0.3) is 11.7 Å². The van der Waals surface area contributed by atoms with Crippen LogP contribution in [0, 0.1) is 5.82 Å². The van der Waals surface area contributed by atoms with E-state index >= 15 is 0 Å². The molecule has 1 amide bonds. The molecule has 0 radical (unpaired) electrons. The molecule has 2 aliphatic heterocycles. The first-order chi connectivity index (χ1) is 16.5. The second-order valence-electron chi connectivity index (χ2n) is 7.93. The van der Waals surface area contributed by atoms with E-state index < -0.39 is 0 Å². The van der Waals surface area contributed by atoms with Crippen molar-refractivity contribution in [3.8, 4) is 0 Å². The zero-order chi connectivity index (χ0) is 23.8. The number of thioether (sulfide) groups is 1. The molecule has 5 rings (SSSR count). The lowest BCUT2D eigenvalue weighted by atomic mass is 10.2. The van der Waals surface area contributed by atoms with E-state index in [2.05, 4.69) is 0 Å². The smallest absolute Gasteiger partial charge is 0.267 e. The Hall–Kier alpha value is -3.24. The number of nitrogens with zero attached hydrogens (tertiary/aromatic N) is 5. The van der Waals surface area contributed by atoms with Crippen molar-refractivity contribution in [3.05, 3.63) is 75.3 Å². The van der Waals surface area contributed by atoms with Crippen LogP contribution in [0.5, 0.6) is 0 Å². The molecule has 0 unspecified atom stereocenters. The molecular formula is C24H22FN5O2S2. The highest BCUT2D eigenvalue weighted by atomic mass is 32.2. The van der Waals surface area contributed by atoms with E-state index in [1.165, 1.54) is 27.1 Å². The molecule has 0 spiro atoms. The lowest BCUT2D eigenvalue weighted by Gasteiger charge is -2.37. The van der Waals surface area contributed by atoms with Gasteiger partial charge in [0.15, 0.2) is 0 Å². The van der Waals surface area contributed by atoms with Gasteiger partial charge in [-0.15, -0.1) is 0 Å². The summed E-state index contributed by atoms with van der Waals surface area (Å²) in [6, 6.07) is 12.1. The number of carbonyl (C=O) groups is 1. The molecule has 0 aliphatic carbocycles. The van der Waals surface area contributed by atoms with Crippen molar-refractivity contribution in [1.29, 1.82) is 0 Å². The summed E-state index contributed by atoms with van der Waals surface area (Å²) in [6.45, 7) is 4.60. The number of amides is 1. The Morgan fingerprint density at radius 2 is 1.76 bits per heavy atom. The third-order valence-electron chi connectivity index (χ3n) is 5.99. The number of piperazine rings is 1. The third-order valence-corrected chi connectivity index (χ3v) is 7.36. The van der Waals surface area contributed by atoms with Crippen LogP contribution in [0.15, 0.2) is 58.4 Å². The molecule has 3 aromatic rings. The largest absolute Gasteiger partial charge is 0.366 e. The summed E-state index contributed by atoms with van der Waals surface area (Å²) < 4.78 is 16.2. The number of pyridine rings is 1. The van der Waals surface area contributed by atoms with Gasteiger partial charge >= 0.3 is 0 Å². The fourth-order valence-electron chi connectivity index (χ4n) is 4.23. The summed E-state index contributed by atoms with van der Waals surface area (Å²) in [4.78, 5) is 37.0. The Labute approximate surface area is 205 Å². The van der Waals surface area contributed by atoms with Crippen LogP contribution < -0.4 is 15.4 Å². The average molecular weight is 496 g/mol. The Kier molecular flexibility index (Phi) is 6.09. The van der Waals surface area contributed by atoms with E-state index in [-0.39, 0.29) is 17.3 Å². The van der Waals surface area contributed by atoms with Crippen LogP contribution >= 0.6 is 24.0 Å². The van der Waals surface area contributed by atoms with Gasteiger partial charge in [0.2, 0.25) is 0 Å².